The standard InChI is InChI=1S/C26H40N2O2/c1-17-18(2)25(30-4)13-12-24(17)19(3)28-22-10-11-23(28)16-21(15-22)27-26(29)14-20-8-6-5-7-9-20/h12-13,19-23H,5-11,14-16H2,1-4H3,(H,27,29). The number of hydrogen-bond acceptors (Lipinski definition) is 3. The molecule has 2 aliphatic heterocycles. The Labute approximate surface area is 182 Å². The van der Waals surface area contributed by atoms with E-state index in [0.29, 0.717) is 36.0 Å². The van der Waals surface area contributed by atoms with Gasteiger partial charge in [-0.1, -0.05) is 25.3 Å². The Balaban J connectivity index is 1.38. The predicted octanol–water partition coefficient (Wildman–Crippen LogP) is 5.46. The Morgan fingerprint density at radius 1 is 1.07 bits per heavy atom. The normalized spacial score (nSPS) is 28.3. The van der Waals surface area contributed by atoms with Crippen LogP contribution < -0.4 is 10.1 Å². The van der Waals surface area contributed by atoms with Crippen LogP contribution in [0.4, 0.5) is 0 Å². The number of rotatable bonds is 6. The van der Waals surface area contributed by atoms with Gasteiger partial charge < -0.3 is 10.1 Å². The fraction of sp³-hybridized carbons (Fsp3) is 0.731. The average molecular weight is 413 g/mol. The zero-order chi connectivity index (χ0) is 21.3. The molecule has 3 unspecified atom stereocenters. The first-order chi connectivity index (χ1) is 14.5. The van der Waals surface area contributed by atoms with Crippen LogP contribution in [0.15, 0.2) is 12.1 Å². The van der Waals surface area contributed by atoms with Crippen LogP contribution in [0.25, 0.3) is 0 Å². The third-order valence-electron chi connectivity index (χ3n) is 8.25. The number of nitrogens with one attached hydrogen (secondary N) is 1. The van der Waals surface area contributed by atoms with Crippen molar-refractivity contribution in [3.63, 3.8) is 0 Å². The van der Waals surface area contributed by atoms with E-state index in [9.17, 15) is 4.79 Å². The van der Waals surface area contributed by atoms with E-state index in [4.69, 9.17) is 4.74 Å². The number of ether oxygens (including phenoxy) is 1. The van der Waals surface area contributed by atoms with E-state index in [0.717, 1.165) is 25.0 Å². The van der Waals surface area contributed by atoms with Crippen molar-refractivity contribution in [1.29, 1.82) is 0 Å². The van der Waals surface area contributed by atoms with E-state index in [-0.39, 0.29) is 0 Å². The first kappa shape index (κ1) is 21.7. The van der Waals surface area contributed by atoms with E-state index in [2.05, 4.69) is 43.1 Å². The summed E-state index contributed by atoms with van der Waals surface area (Å²) in [6, 6.07) is 6.31. The number of methoxy groups -OCH3 is 1. The second kappa shape index (κ2) is 9.30. The highest BCUT2D eigenvalue weighted by molar-refractivity contribution is 5.76. The van der Waals surface area contributed by atoms with Crippen molar-refractivity contribution in [3.8, 4) is 5.75 Å². The number of fused-ring (bicyclic) bond motifs is 2. The second-order valence-corrected chi connectivity index (χ2v) is 10.1. The van der Waals surface area contributed by atoms with Crippen LogP contribution in [0.2, 0.25) is 0 Å². The fourth-order valence-electron chi connectivity index (χ4n) is 6.55. The van der Waals surface area contributed by atoms with Gasteiger partial charge in [0.25, 0.3) is 0 Å². The van der Waals surface area contributed by atoms with Gasteiger partial charge >= 0.3 is 0 Å². The maximum absolute atomic E-state index is 12.7. The maximum atomic E-state index is 12.7. The molecule has 1 N–H and O–H groups in total. The summed E-state index contributed by atoms with van der Waals surface area (Å²) < 4.78 is 5.51. The molecule has 2 bridgehead atoms. The molecular weight excluding hydrogens is 372 g/mol. The molecule has 1 aromatic carbocycles. The van der Waals surface area contributed by atoms with E-state index in [1.165, 1.54) is 61.6 Å². The van der Waals surface area contributed by atoms with Gasteiger partial charge in [0, 0.05) is 30.6 Å². The Kier molecular flexibility index (Phi) is 6.72. The van der Waals surface area contributed by atoms with Gasteiger partial charge in [-0.05, 0) is 88.0 Å². The van der Waals surface area contributed by atoms with Crippen LogP contribution in [-0.4, -0.2) is 36.0 Å². The highest BCUT2D eigenvalue weighted by atomic mass is 16.5. The number of carbonyl (C=O) groups is 1. The highest BCUT2D eigenvalue weighted by Gasteiger charge is 2.43. The summed E-state index contributed by atoms with van der Waals surface area (Å²) in [4.78, 5) is 15.4. The van der Waals surface area contributed by atoms with Gasteiger partial charge in [0.2, 0.25) is 5.91 Å². The van der Waals surface area contributed by atoms with Crippen molar-refractivity contribution in [2.45, 2.75) is 109 Å². The minimum absolute atomic E-state index is 0.300. The SMILES string of the molecule is COc1ccc(C(C)N2C3CCC2CC(NC(=O)CC2CCCCC2)C3)c(C)c1C. The molecule has 4 heteroatoms. The summed E-state index contributed by atoms with van der Waals surface area (Å²) in [5, 5.41) is 3.42. The van der Waals surface area contributed by atoms with Crippen LogP contribution >= 0.6 is 0 Å². The third-order valence-corrected chi connectivity index (χ3v) is 8.25. The quantitative estimate of drug-likeness (QED) is 0.675. The lowest BCUT2D eigenvalue weighted by Crippen LogP contribution is -2.51. The molecule has 1 saturated carbocycles. The lowest BCUT2D eigenvalue weighted by atomic mass is 9.86. The van der Waals surface area contributed by atoms with Gasteiger partial charge in [-0.3, -0.25) is 9.69 Å². The molecule has 4 rings (SSSR count). The summed E-state index contributed by atoms with van der Waals surface area (Å²) in [7, 11) is 1.75. The van der Waals surface area contributed by atoms with Crippen molar-refractivity contribution < 1.29 is 9.53 Å². The van der Waals surface area contributed by atoms with Crippen molar-refractivity contribution in [1.82, 2.24) is 10.2 Å². The molecule has 1 aliphatic carbocycles. The summed E-state index contributed by atoms with van der Waals surface area (Å²) in [5.74, 6) is 1.90. The van der Waals surface area contributed by atoms with E-state index in [1.807, 2.05) is 0 Å². The smallest absolute Gasteiger partial charge is 0.220 e. The monoisotopic (exact) mass is 412 g/mol. The van der Waals surface area contributed by atoms with Gasteiger partial charge in [0.05, 0.1) is 7.11 Å². The number of amides is 1. The maximum Gasteiger partial charge on any atom is 0.220 e. The Bertz CT molecular complexity index is 742. The van der Waals surface area contributed by atoms with E-state index in [1.54, 1.807) is 7.11 Å². The number of hydrogen-bond donors (Lipinski definition) is 1. The van der Waals surface area contributed by atoms with Gasteiger partial charge in [-0.2, -0.15) is 0 Å². The lowest BCUT2D eigenvalue weighted by Gasteiger charge is -2.43. The first-order valence-corrected chi connectivity index (χ1v) is 12.2. The highest BCUT2D eigenvalue weighted by Crippen LogP contribution is 2.43. The molecule has 1 amide bonds. The molecule has 30 heavy (non-hydrogen) atoms. The van der Waals surface area contributed by atoms with Crippen molar-refractivity contribution >= 4 is 5.91 Å². The predicted molar refractivity (Wildman–Crippen MR) is 122 cm³/mol. The summed E-state index contributed by atoms with van der Waals surface area (Å²) in [6.45, 7) is 6.75. The Morgan fingerprint density at radius 2 is 1.73 bits per heavy atom. The van der Waals surface area contributed by atoms with Gasteiger partial charge in [-0.15, -0.1) is 0 Å². The minimum Gasteiger partial charge on any atom is -0.496 e. The largest absolute Gasteiger partial charge is 0.496 e. The van der Waals surface area contributed by atoms with Crippen molar-refractivity contribution in [2.24, 2.45) is 5.92 Å². The topological polar surface area (TPSA) is 41.6 Å². The average Bonchev–Trinajstić information content (AvgIpc) is 3.00. The second-order valence-electron chi connectivity index (χ2n) is 10.1. The molecular formula is C26H40N2O2. The molecule has 1 aromatic rings. The first-order valence-electron chi connectivity index (χ1n) is 12.2. The van der Waals surface area contributed by atoms with Gasteiger partial charge in [0.1, 0.15) is 5.75 Å². The molecule has 4 nitrogen and oxygen atoms in total. The van der Waals surface area contributed by atoms with Crippen LogP contribution in [-0.2, 0) is 4.79 Å². The molecule has 3 aliphatic rings. The molecule has 166 valence electrons. The molecule has 0 radical (unpaired) electrons. The van der Waals surface area contributed by atoms with Crippen LogP contribution in [0.3, 0.4) is 0 Å². The summed E-state index contributed by atoms with van der Waals surface area (Å²) >= 11 is 0. The molecule has 3 fully saturated rings. The van der Waals surface area contributed by atoms with Crippen LogP contribution in [0.5, 0.6) is 5.75 Å². The Morgan fingerprint density at radius 3 is 2.37 bits per heavy atom. The molecule has 0 spiro atoms. The number of piperidine rings is 1. The van der Waals surface area contributed by atoms with Crippen molar-refractivity contribution in [3.05, 3.63) is 28.8 Å². The fourth-order valence-corrected chi connectivity index (χ4v) is 6.55. The molecule has 2 saturated heterocycles. The zero-order valence-electron chi connectivity index (χ0n) is 19.4. The van der Waals surface area contributed by atoms with E-state index < -0.39 is 0 Å². The summed E-state index contributed by atoms with van der Waals surface area (Å²) in [6.07, 6.45) is 11.9. The van der Waals surface area contributed by atoms with Crippen LogP contribution in [0, 0.1) is 19.8 Å². The lowest BCUT2D eigenvalue weighted by molar-refractivity contribution is -0.123. The van der Waals surface area contributed by atoms with Crippen molar-refractivity contribution in [2.75, 3.05) is 7.11 Å². The zero-order valence-corrected chi connectivity index (χ0v) is 19.4. The van der Waals surface area contributed by atoms with Gasteiger partial charge in [0.15, 0.2) is 0 Å². The van der Waals surface area contributed by atoms with E-state index >= 15 is 0 Å². The number of nitrogens with zero attached hydrogens (tertiary/aromatic N) is 1. The van der Waals surface area contributed by atoms with Gasteiger partial charge in [-0.25, -0.2) is 0 Å². The molecule has 3 atom stereocenters. The molecule has 2 heterocycles. The van der Waals surface area contributed by atoms with Crippen LogP contribution in [0.1, 0.15) is 93.9 Å². The minimum atomic E-state index is 0.300. The molecule has 0 aromatic heterocycles. The third kappa shape index (κ3) is 4.39. The summed E-state index contributed by atoms with van der Waals surface area (Å²) in [5.41, 5.74) is 4.02. The Hall–Kier alpha value is -1.55. The number of carbonyl (C=O) groups excluding carboxylic acids is 1. The number of benzene rings is 1.